The van der Waals surface area contributed by atoms with Gasteiger partial charge in [-0.25, -0.2) is 0 Å². The number of hydrogen-bond donors (Lipinski definition) is 1. The van der Waals surface area contributed by atoms with Crippen molar-refractivity contribution >= 4 is 45.2 Å². The van der Waals surface area contributed by atoms with Crippen molar-refractivity contribution in [2.24, 2.45) is 0 Å². The minimum atomic E-state index is -0.463. The largest absolute Gasteiger partial charge is 0.496 e. The molecule has 0 aromatic heterocycles. The number of aryl methyl sites for hydroxylation is 2. The van der Waals surface area contributed by atoms with Gasteiger partial charge in [0.05, 0.1) is 7.11 Å². The van der Waals surface area contributed by atoms with Crippen LogP contribution in [0.1, 0.15) is 27.8 Å². The van der Waals surface area contributed by atoms with Gasteiger partial charge >= 0.3 is 0 Å². The lowest BCUT2D eigenvalue weighted by molar-refractivity contribution is -0.112. The molecule has 0 atom stereocenters. The summed E-state index contributed by atoms with van der Waals surface area (Å²) < 4.78 is 6.39. The summed E-state index contributed by atoms with van der Waals surface area (Å²) >= 11 is 9.92. The maximum absolute atomic E-state index is 12.7. The number of halogens is 2. The average Bonchev–Trinajstić information content (AvgIpc) is 2.76. The molecule has 0 aliphatic rings. The first-order valence-electron chi connectivity index (χ1n) is 9.92. The summed E-state index contributed by atoms with van der Waals surface area (Å²) in [7, 11) is 1.59. The molecule has 0 aliphatic carbocycles. The molecule has 1 N–H and O–H groups in total. The molecule has 3 rings (SSSR count). The van der Waals surface area contributed by atoms with Crippen LogP contribution in [0.15, 0.2) is 64.6 Å². The summed E-state index contributed by atoms with van der Waals surface area (Å²) in [5.41, 5.74) is 5.28. The second-order valence-corrected chi connectivity index (χ2v) is 8.66. The molecule has 0 heterocycles. The Morgan fingerprint density at radius 2 is 1.94 bits per heavy atom. The van der Waals surface area contributed by atoms with Crippen molar-refractivity contribution in [2.45, 2.75) is 20.3 Å². The maximum atomic E-state index is 12.7. The van der Waals surface area contributed by atoms with Crippen molar-refractivity contribution in [1.29, 1.82) is 5.26 Å². The first-order valence-corrected chi connectivity index (χ1v) is 11.1. The second-order valence-electron chi connectivity index (χ2n) is 7.39. The highest BCUT2D eigenvalue weighted by Crippen LogP contribution is 2.33. The van der Waals surface area contributed by atoms with Gasteiger partial charge in [-0.2, -0.15) is 5.26 Å². The number of nitriles is 1. The zero-order valence-corrected chi connectivity index (χ0v) is 20.3. The lowest BCUT2D eigenvalue weighted by Gasteiger charge is -2.13. The van der Waals surface area contributed by atoms with Gasteiger partial charge in [-0.3, -0.25) is 4.79 Å². The molecule has 0 aliphatic heterocycles. The number of ether oxygens (including phenoxy) is 1. The normalized spacial score (nSPS) is 11.1. The fraction of sp³-hybridized carbons (Fsp3) is 0.154. The number of methoxy groups -OCH3 is 1. The molecule has 1 amide bonds. The number of rotatable bonds is 6. The number of amides is 1. The SMILES string of the molecule is COc1cc(/C=C(\C#N)C(=O)Nc2ccc(C)cc2C)cc(Br)c1Cc1ccccc1Cl. The topological polar surface area (TPSA) is 62.1 Å². The second kappa shape index (κ2) is 10.5. The highest BCUT2D eigenvalue weighted by atomic mass is 79.9. The van der Waals surface area contributed by atoms with E-state index in [9.17, 15) is 10.1 Å². The van der Waals surface area contributed by atoms with Crippen LogP contribution in [-0.2, 0) is 11.2 Å². The van der Waals surface area contributed by atoms with Crippen molar-refractivity contribution in [3.8, 4) is 11.8 Å². The molecular weight excluding hydrogens is 488 g/mol. The van der Waals surface area contributed by atoms with Crippen LogP contribution in [-0.4, -0.2) is 13.0 Å². The zero-order valence-electron chi connectivity index (χ0n) is 18.0. The summed E-state index contributed by atoms with van der Waals surface area (Å²) in [5.74, 6) is 0.173. The van der Waals surface area contributed by atoms with Crippen molar-refractivity contribution in [3.63, 3.8) is 0 Å². The quantitative estimate of drug-likeness (QED) is 0.291. The van der Waals surface area contributed by atoms with E-state index in [1.165, 1.54) is 0 Å². The number of benzene rings is 3. The molecule has 3 aromatic carbocycles. The molecule has 6 heteroatoms. The van der Waals surface area contributed by atoms with Crippen molar-refractivity contribution in [3.05, 3.63) is 97.5 Å². The molecule has 0 bridgehead atoms. The molecule has 162 valence electrons. The van der Waals surface area contributed by atoms with E-state index in [-0.39, 0.29) is 5.57 Å². The van der Waals surface area contributed by atoms with Crippen LogP contribution in [0.4, 0.5) is 5.69 Å². The number of nitrogens with zero attached hydrogens (tertiary/aromatic N) is 1. The standard InChI is InChI=1S/C26H22BrClN2O2/c1-16-8-9-24(17(2)10-16)30-26(31)20(15-29)11-18-12-22(27)21(25(13-18)32-3)14-19-6-4-5-7-23(19)28/h4-13H,14H2,1-3H3,(H,30,31)/b20-11+. The molecular formula is C26H22BrClN2O2. The fourth-order valence-corrected chi connectivity index (χ4v) is 4.16. The summed E-state index contributed by atoms with van der Waals surface area (Å²) in [6.07, 6.45) is 2.12. The molecule has 0 unspecified atom stereocenters. The van der Waals surface area contributed by atoms with Gasteiger partial charge in [0.1, 0.15) is 17.4 Å². The molecule has 0 fully saturated rings. The molecule has 0 saturated heterocycles. The molecule has 3 aromatic rings. The highest BCUT2D eigenvalue weighted by Gasteiger charge is 2.15. The Labute approximate surface area is 201 Å². The van der Waals surface area contributed by atoms with E-state index in [4.69, 9.17) is 16.3 Å². The number of nitrogens with one attached hydrogen (secondary N) is 1. The lowest BCUT2D eigenvalue weighted by Crippen LogP contribution is -2.14. The number of hydrogen-bond acceptors (Lipinski definition) is 3. The van der Waals surface area contributed by atoms with E-state index in [1.54, 1.807) is 19.3 Å². The predicted molar refractivity (Wildman–Crippen MR) is 133 cm³/mol. The van der Waals surface area contributed by atoms with Crippen molar-refractivity contribution in [2.75, 3.05) is 12.4 Å². The van der Waals surface area contributed by atoms with Crippen molar-refractivity contribution < 1.29 is 9.53 Å². The first kappa shape index (κ1) is 23.6. The number of carbonyl (C=O) groups is 1. The zero-order chi connectivity index (χ0) is 23.3. The number of anilines is 1. The summed E-state index contributed by atoms with van der Waals surface area (Å²) in [6, 6.07) is 19.0. The van der Waals surface area contributed by atoms with Crippen LogP contribution < -0.4 is 10.1 Å². The Morgan fingerprint density at radius 1 is 1.19 bits per heavy atom. The van der Waals surface area contributed by atoms with Crippen LogP contribution in [0.5, 0.6) is 5.75 Å². The fourth-order valence-electron chi connectivity index (χ4n) is 3.36. The maximum Gasteiger partial charge on any atom is 0.266 e. The summed E-state index contributed by atoms with van der Waals surface area (Å²) in [5, 5.41) is 13.1. The van der Waals surface area contributed by atoms with Gasteiger partial charge in [-0.1, -0.05) is 63.4 Å². The number of carbonyl (C=O) groups excluding carboxylic acids is 1. The Hall–Kier alpha value is -3.07. The van der Waals surface area contributed by atoms with E-state index < -0.39 is 5.91 Å². The minimum Gasteiger partial charge on any atom is -0.496 e. The van der Waals surface area contributed by atoms with Crippen molar-refractivity contribution in [1.82, 2.24) is 0 Å². The molecule has 4 nitrogen and oxygen atoms in total. The third kappa shape index (κ3) is 5.59. The van der Waals surface area contributed by atoms with E-state index in [2.05, 4.69) is 21.2 Å². The first-order chi connectivity index (χ1) is 15.3. The minimum absolute atomic E-state index is 0.00205. The van der Waals surface area contributed by atoms with Gasteiger partial charge in [0.2, 0.25) is 0 Å². The van der Waals surface area contributed by atoms with E-state index in [0.29, 0.717) is 28.4 Å². The predicted octanol–water partition coefficient (Wildman–Crippen LogP) is 6.86. The molecule has 0 saturated carbocycles. The van der Waals surface area contributed by atoms with Crippen LogP contribution in [0.25, 0.3) is 6.08 Å². The molecule has 0 radical (unpaired) electrons. The summed E-state index contributed by atoms with van der Waals surface area (Å²) in [4.78, 5) is 12.7. The Balaban J connectivity index is 1.90. The molecule has 0 spiro atoms. The smallest absolute Gasteiger partial charge is 0.266 e. The average molecular weight is 510 g/mol. The Bertz CT molecular complexity index is 1250. The lowest BCUT2D eigenvalue weighted by atomic mass is 10.0. The van der Waals surface area contributed by atoms with Gasteiger partial charge < -0.3 is 10.1 Å². The van der Waals surface area contributed by atoms with Gasteiger partial charge in [0.15, 0.2) is 0 Å². The molecule has 32 heavy (non-hydrogen) atoms. The van der Waals surface area contributed by atoms with E-state index >= 15 is 0 Å². The monoisotopic (exact) mass is 508 g/mol. The van der Waals surface area contributed by atoms with E-state index in [1.807, 2.05) is 68.4 Å². The van der Waals surface area contributed by atoms with Crippen LogP contribution >= 0.6 is 27.5 Å². The van der Waals surface area contributed by atoms with Gasteiger partial charge in [-0.05, 0) is 60.9 Å². The van der Waals surface area contributed by atoms with Gasteiger partial charge in [0, 0.05) is 27.2 Å². The third-order valence-electron chi connectivity index (χ3n) is 5.03. The van der Waals surface area contributed by atoms with Crippen LogP contribution in [0.2, 0.25) is 5.02 Å². The van der Waals surface area contributed by atoms with Gasteiger partial charge in [-0.15, -0.1) is 0 Å². The Morgan fingerprint density at radius 3 is 2.59 bits per heavy atom. The van der Waals surface area contributed by atoms with Crippen LogP contribution in [0.3, 0.4) is 0 Å². The van der Waals surface area contributed by atoms with Gasteiger partial charge in [0.25, 0.3) is 5.91 Å². The van der Waals surface area contributed by atoms with Crippen LogP contribution in [0, 0.1) is 25.2 Å². The third-order valence-corrected chi connectivity index (χ3v) is 6.10. The highest BCUT2D eigenvalue weighted by molar-refractivity contribution is 9.10. The Kier molecular flexibility index (Phi) is 7.74. The summed E-state index contributed by atoms with van der Waals surface area (Å²) in [6.45, 7) is 3.90. The van der Waals surface area contributed by atoms with E-state index in [0.717, 1.165) is 26.7 Å².